The number of anilines is 2. The van der Waals surface area contributed by atoms with Crippen molar-refractivity contribution in [2.75, 3.05) is 43.9 Å². The minimum Gasteiger partial charge on any atom is -0.397 e. The molecule has 188 valence electrons. The number of carbonyl (C=O) groups excluding carboxylic acids is 1. The number of hydrogen-bond donors (Lipinski definition) is 3. The van der Waals surface area contributed by atoms with Crippen molar-refractivity contribution in [3.05, 3.63) is 51.3 Å². The van der Waals surface area contributed by atoms with E-state index < -0.39 is 0 Å². The molecule has 1 fully saturated rings. The Hall–Kier alpha value is -3.26. The molecule has 0 spiro atoms. The van der Waals surface area contributed by atoms with E-state index in [1.807, 2.05) is 24.0 Å². The molecule has 36 heavy (non-hydrogen) atoms. The lowest BCUT2D eigenvalue weighted by Gasteiger charge is -2.31. The number of carbonyl (C=O) groups is 1. The number of ether oxygens (including phenoxy) is 1. The van der Waals surface area contributed by atoms with Crippen molar-refractivity contribution in [2.24, 2.45) is 0 Å². The molecule has 8 nitrogen and oxygen atoms in total. The molecule has 0 radical (unpaired) electrons. The van der Waals surface area contributed by atoms with E-state index in [4.69, 9.17) is 10.5 Å². The molecule has 2 aromatic heterocycles. The summed E-state index contributed by atoms with van der Waals surface area (Å²) in [4.78, 5) is 20.7. The van der Waals surface area contributed by atoms with E-state index in [1.165, 1.54) is 17.4 Å². The number of amides is 1. The molecule has 10 heteroatoms. The molecule has 3 aromatic rings. The number of nitrogens with zero attached hydrogens (tertiary/aromatic N) is 3. The first-order chi connectivity index (χ1) is 17.4. The van der Waals surface area contributed by atoms with Crippen molar-refractivity contribution in [3.63, 3.8) is 0 Å². The molecular formula is C26H29FN6O2S. The zero-order chi connectivity index (χ0) is 25.4. The summed E-state index contributed by atoms with van der Waals surface area (Å²) >= 11 is 1.26. The number of nitriles is 1. The van der Waals surface area contributed by atoms with Gasteiger partial charge in [0.05, 0.1) is 23.0 Å². The first-order valence-electron chi connectivity index (χ1n) is 12.1. The third-order valence-corrected chi connectivity index (χ3v) is 8.20. The Morgan fingerprint density at radius 2 is 2.25 bits per heavy atom. The smallest absolute Gasteiger partial charge is 0.263 e. The lowest BCUT2D eigenvalue weighted by atomic mass is 9.84. The highest BCUT2D eigenvalue weighted by molar-refractivity contribution is 7.21. The summed E-state index contributed by atoms with van der Waals surface area (Å²) in [6.07, 6.45) is 1.40. The van der Waals surface area contributed by atoms with Crippen molar-refractivity contribution >= 4 is 38.8 Å². The van der Waals surface area contributed by atoms with Crippen LogP contribution in [0.15, 0.2) is 18.2 Å². The van der Waals surface area contributed by atoms with Crippen LogP contribution < -0.4 is 21.3 Å². The second-order valence-electron chi connectivity index (χ2n) is 9.39. The van der Waals surface area contributed by atoms with Gasteiger partial charge in [-0.2, -0.15) is 5.26 Å². The van der Waals surface area contributed by atoms with Crippen LogP contribution in [0.4, 0.5) is 15.8 Å². The average Bonchev–Trinajstić information content (AvgIpc) is 3.04. The largest absolute Gasteiger partial charge is 0.397 e. The van der Waals surface area contributed by atoms with Crippen LogP contribution in [0.5, 0.6) is 0 Å². The number of thiophene rings is 1. The van der Waals surface area contributed by atoms with Gasteiger partial charge in [0.15, 0.2) is 0 Å². The lowest BCUT2D eigenvalue weighted by Crippen LogP contribution is -2.39. The zero-order valence-electron chi connectivity index (χ0n) is 20.4. The first kappa shape index (κ1) is 24.4. The van der Waals surface area contributed by atoms with E-state index in [9.17, 15) is 10.1 Å². The monoisotopic (exact) mass is 508 g/mol. The number of fused-ring (bicyclic) bond motifs is 2. The molecule has 1 aliphatic heterocycles. The number of nitrogen functional groups attached to an aromatic ring is 1. The van der Waals surface area contributed by atoms with Crippen molar-refractivity contribution in [3.8, 4) is 6.07 Å². The van der Waals surface area contributed by atoms with E-state index >= 15 is 4.39 Å². The van der Waals surface area contributed by atoms with Gasteiger partial charge in [-0.1, -0.05) is 0 Å². The van der Waals surface area contributed by atoms with E-state index in [-0.39, 0.29) is 23.9 Å². The summed E-state index contributed by atoms with van der Waals surface area (Å²) in [6.45, 7) is 4.58. The fourth-order valence-electron chi connectivity index (χ4n) is 5.15. The number of aryl methyl sites for hydroxylation is 1. The van der Waals surface area contributed by atoms with Gasteiger partial charge >= 0.3 is 0 Å². The number of benzene rings is 1. The van der Waals surface area contributed by atoms with E-state index in [0.29, 0.717) is 66.3 Å². The average molecular weight is 509 g/mol. The Bertz CT molecular complexity index is 1370. The first-order valence-corrected chi connectivity index (χ1v) is 12.9. The Kier molecular flexibility index (Phi) is 6.79. The van der Waals surface area contributed by atoms with Crippen molar-refractivity contribution in [1.29, 1.82) is 5.26 Å². The molecule has 1 saturated heterocycles. The standard InChI is InChI=1S/C26H29FN6O2S/c1-14-3-5-18-23(29)24(36-26(18)31-14)25(34)32-15-4-6-17-19(9-15)21(27)10-22(20(17)11-28)33-8-7-30-12-16(13-33)35-2/h3,5,10,15-16,30H,4,6-9,12-13,29H2,1-2H3,(H,32,34)/t15-,16?/m0/s1. The molecule has 3 heterocycles. The summed E-state index contributed by atoms with van der Waals surface area (Å²) < 4.78 is 21.0. The quantitative estimate of drug-likeness (QED) is 0.496. The van der Waals surface area contributed by atoms with Gasteiger partial charge in [0.25, 0.3) is 5.91 Å². The van der Waals surface area contributed by atoms with E-state index in [1.54, 1.807) is 7.11 Å². The Labute approximate surface area is 213 Å². The molecule has 0 saturated carbocycles. The number of pyridine rings is 1. The minimum absolute atomic E-state index is 0.0434. The normalized spacial score (nSPS) is 20.0. The SMILES string of the molecule is COC1CNCCN(c2cc(F)c3c(c2C#N)CC[C@H](NC(=O)c2sc4nc(C)ccc4c2N)C3)C1. The van der Waals surface area contributed by atoms with Crippen LogP contribution in [-0.2, 0) is 17.6 Å². The highest BCUT2D eigenvalue weighted by Crippen LogP contribution is 2.35. The zero-order valence-corrected chi connectivity index (χ0v) is 21.2. The molecule has 1 aliphatic carbocycles. The number of nitrogens with one attached hydrogen (secondary N) is 2. The summed E-state index contributed by atoms with van der Waals surface area (Å²) in [5.74, 6) is -0.619. The predicted molar refractivity (Wildman–Crippen MR) is 139 cm³/mol. The third kappa shape index (κ3) is 4.50. The lowest BCUT2D eigenvalue weighted by molar-refractivity contribution is 0.0938. The molecule has 2 atom stereocenters. The summed E-state index contributed by atoms with van der Waals surface area (Å²) in [7, 11) is 1.66. The number of aromatic nitrogens is 1. The molecule has 1 aromatic carbocycles. The highest BCUT2D eigenvalue weighted by atomic mass is 32.1. The Morgan fingerprint density at radius 1 is 1.42 bits per heavy atom. The number of rotatable bonds is 4. The van der Waals surface area contributed by atoms with Gasteiger partial charge < -0.3 is 26.0 Å². The summed E-state index contributed by atoms with van der Waals surface area (Å²) in [5.41, 5.74) is 9.90. The fourth-order valence-corrected chi connectivity index (χ4v) is 6.20. The maximum atomic E-state index is 15.4. The topological polar surface area (TPSA) is 116 Å². The van der Waals surface area contributed by atoms with Gasteiger partial charge in [-0.05, 0) is 55.5 Å². The summed E-state index contributed by atoms with van der Waals surface area (Å²) in [5, 5.41) is 17.2. The van der Waals surface area contributed by atoms with Gasteiger partial charge in [0.1, 0.15) is 21.6 Å². The van der Waals surface area contributed by atoms with Gasteiger partial charge in [-0.3, -0.25) is 4.79 Å². The van der Waals surface area contributed by atoms with Crippen LogP contribution in [-0.4, -0.2) is 56.3 Å². The van der Waals surface area contributed by atoms with Gasteiger partial charge in [0, 0.05) is 50.4 Å². The molecule has 1 amide bonds. The van der Waals surface area contributed by atoms with Crippen LogP contribution >= 0.6 is 11.3 Å². The van der Waals surface area contributed by atoms with E-state index in [0.717, 1.165) is 28.0 Å². The molecule has 1 unspecified atom stereocenters. The number of nitrogens with two attached hydrogens (primary N) is 1. The number of halogens is 1. The van der Waals surface area contributed by atoms with Crippen molar-refractivity contribution < 1.29 is 13.9 Å². The van der Waals surface area contributed by atoms with Gasteiger partial charge in [0.2, 0.25) is 0 Å². The molecule has 2 aliphatic rings. The molecule has 0 bridgehead atoms. The second kappa shape index (κ2) is 10.0. The van der Waals surface area contributed by atoms with Crippen LogP contribution in [0.25, 0.3) is 10.2 Å². The minimum atomic E-state index is -0.342. The van der Waals surface area contributed by atoms with Crippen molar-refractivity contribution in [2.45, 2.75) is 38.3 Å². The third-order valence-electron chi connectivity index (χ3n) is 7.08. The maximum absolute atomic E-state index is 15.4. The maximum Gasteiger partial charge on any atom is 0.263 e. The van der Waals surface area contributed by atoms with Crippen LogP contribution in [0.1, 0.15) is 38.5 Å². The molecule has 4 N–H and O–H groups in total. The molecule has 5 rings (SSSR count). The molecular weight excluding hydrogens is 479 g/mol. The summed E-state index contributed by atoms with van der Waals surface area (Å²) in [6, 6.07) is 7.29. The van der Waals surface area contributed by atoms with E-state index in [2.05, 4.69) is 21.7 Å². The predicted octanol–water partition coefficient (Wildman–Crippen LogP) is 2.91. The van der Waals surface area contributed by atoms with Gasteiger partial charge in [-0.15, -0.1) is 11.3 Å². The Morgan fingerprint density at radius 3 is 3.03 bits per heavy atom. The van der Waals surface area contributed by atoms with Crippen LogP contribution in [0.3, 0.4) is 0 Å². The number of hydrogen-bond acceptors (Lipinski definition) is 8. The van der Waals surface area contributed by atoms with Crippen LogP contribution in [0.2, 0.25) is 0 Å². The Balaban J connectivity index is 1.38. The number of methoxy groups -OCH3 is 1. The second-order valence-corrected chi connectivity index (χ2v) is 10.4. The fraction of sp³-hybridized carbons (Fsp3) is 0.423. The highest BCUT2D eigenvalue weighted by Gasteiger charge is 2.30. The van der Waals surface area contributed by atoms with Gasteiger partial charge in [-0.25, -0.2) is 9.37 Å². The van der Waals surface area contributed by atoms with Crippen LogP contribution in [0, 0.1) is 24.1 Å². The van der Waals surface area contributed by atoms with Crippen molar-refractivity contribution in [1.82, 2.24) is 15.6 Å².